The molecule has 0 radical (unpaired) electrons. The highest BCUT2D eigenvalue weighted by molar-refractivity contribution is 7.26. The highest BCUT2D eigenvalue weighted by atomic mass is 32.1. The summed E-state index contributed by atoms with van der Waals surface area (Å²) >= 11 is 1.81. The van der Waals surface area contributed by atoms with Crippen LogP contribution < -0.4 is 0 Å². The number of hydrogen-bond donors (Lipinski definition) is 0. The molecule has 8 aromatic carbocycles. The Morgan fingerprint density at radius 3 is 1.64 bits per heavy atom. The Hall–Kier alpha value is -6.94. The number of hydrogen-bond acceptors (Lipinski definition) is 3. The van der Waals surface area contributed by atoms with Crippen LogP contribution in [0, 0.1) is 0 Å². The molecule has 2 heterocycles. The SMILES string of the molecule is c1ccc(-c2ccc(-c3cc(-c4ccc5c(c4)C(c4ccccc4)(c4ccccc4)c4ccccc4-5)nc(-c4cccc5c4sc4ccccc45)n3)cc2)cc1. The molecular weight excluding hydrogens is 697 g/mol. The number of benzene rings is 8. The van der Waals surface area contributed by atoms with Crippen LogP contribution in [-0.2, 0) is 5.41 Å². The lowest BCUT2D eigenvalue weighted by atomic mass is 9.67. The second-order valence-corrected chi connectivity index (χ2v) is 15.5. The predicted molar refractivity (Wildman–Crippen MR) is 234 cm³/mol. The van der Waals surface area contributed by atoms with Crippen LogP contribution in [0.3, 0.4) is 0 Å². The van der Waals surface area contributed by atoms with Gasteiger partial charge < -0.3 is 0 Å². The summed E-state index contributed by atoms with van der Waals surface area (Å²) in [6.45, 7) is 0. The molecule has 0 saturated heterocycles. The average Bonchev–Trinajstić information content (AvgIpc) is 3.81. The van der Waals surface area contributed by atoms with E-state index in [9.17, 15) is 0 Å². The van der Waals surface area contributed by atoms with Gasteiger partial charge in [-0.3, -0.25) is 0 Å². The summed E-state index contributed by atoms with van der Waals surface area (Å²) in [6.07, 6.45) is 0. The van der Waals surface area contributed by atoms with Crippen molar-refractivity contribution in [2.45, 2.75) is 5.41 Å². The summed E-state index contributed by atoms with van der Waals surface area (Å²) in [5.41, 5.74) is 14.4. The highest BCUT2D eigenvalue weighted by Crippen LogP contribution is 2.56. The minimum absolute atomic E-state index is 0.501. The summed E-state index contributed by atoms with van der Waals surface area (Å²) in [5, 5.41) is 2.50. The molecule has 2 aromatic heterocycles. The van der Waals surface area contributed by atoms with Gasteiger partial charge in [-0.05, 0) is 68.8 Å². The molecule has 3 heteroatoms. The lowest BCUT2D eigenvalue weighted by Gasteiger charge is -2.34. The lowest BCUT2D eigenvalue weighted by Crippen LogP contribution is -2.28. The van der Waals surface area contributed by atoms with Gasteiger partial charge in [0.05, 0.1) is 16.8 Å². The summed E-state index contributed by atoms with van der Waals surface area (Å²) in [6, 6.07) is 74.4. The van der Waals surface area contributed by atoms with E-state index in [1.807, 2.05) is 11.3 Å². The molecule has 0 bridgehead atoms. The predicted octanol–water partition coefficient (Wildman–Crippen LogP) is 13.9. The molecule has 262 valence electrons. The molecular formula is C53H34N2S. The van der Waals surface area contributed by atoms with Crippen molar-refractivity contribution in [2.75, 3.05) is 0 Å². The van der Waals surface area contributed by atoms with Crippen molar-refractivity contribution in [3.8, 4) is 56.2 Å². The van der Waals surface area contributed by atoms with Crippen molar-refractivity contribution in [3.63, 3.8) is 0 Å². The van der Waals surface area contributed by atoms with Crippen LogP contribution in [0.15, 0.2) is 206 Å². The van der Waals surface area contributed by atoms with Gasteiger partial charge in [-0.2, -0.15) is 0 Å². The van der Waals surface area contributed by atoms with E-state index in [-0.39, 0.29) is 0 Å². The second-order valence-electron chi connectivity index (χ2n) is 14.5. The number of rotatable bonds is 6. The van der Waals surface area contributed by atoms with Crippen molar-refractivity contribution in [1.82, 2.24) is 9.97 Å². The molecule has 0 aliphatic heterocycles. The monoisotopic (exact) mass is 730 g/mol. The topological polar surface area (TPSA) is 25.8 Å². The Labute approximate surface area is 330 Å². The zero-order chi connectivity index (χ0) is 37.1. The molecule has 0 amide bonds. The number of thiophene rings is 1. The molecule has 1 aliphatic carbocycles. The second kappa shape index (κ2) is 13.1. The van der Waals surface area contributed by atoms with E-state index in [1.54, 1.807) is 0 Å². The van der Waals surface area contributed by atoms with E-state index in [0.717, 1.165) is 33.9 Å². The van der Waals surface area contributed by atoms with Crippen molar-refractivity contribution in [3.05, 3.63) is 229 Å². The maximum atomic E-state index is 5.45. The zero-order valence-electron chi connectivity index (χ0n) is 30.4. The fourth-order valence-corrected chi connectivity index (χ4v) is 10.1. The molecule has 0 N–H and O–H groups in total. The first-order valence-corrected chi connectivity index (χ1v) is 19.9. The van der Waals surface area contributed by atoms with E-state index in [2.05, 4.69) is 206 Å². The van der Waals surface area contributed by atoms with Crippen LogP contribution in [-0.4, -0.2) is 9.97 Å². The van der Waals surface area contributed by atoms with Crippen LogP contribution >= 0.6 is 11.3 Å². The van der Waals surface area contributed by atoms with Crippen LogP contribution in [0.25, 0.3) is 76.3 Å². The van der Waals surface area contributed by atoms with Crippen LogP contribution in [0.5, 0.6) is 0 Å². The van der Waals surface area contributed by atoms with E-state index >= 15 is 0 Å². The maximum absolute atomic E-state index is 5.45. The molecule has 1 aliphatic rings. The van der Waals surface area contributed by atoms with E-state index in [4.69, 9.17) is 9.97 Å². The molecule has 0 unspecified atom stereocenters. The van der Waals surface area contributed by atoms with Crippen molar-refractivity contribution >= 4 is 31.5 Å². The molecule has 0 fully saturated rings. The van der Waals surface area contributed by atoms with Gasteiger partial charge in [0.25, 0.3) is 0 Å². The van der Waals surface area contributed by atoms with Gasteiger partial charge in [0.2, 0.25) is 0 Å². The van der Waals surface area contributed by atoms with Crippen LogP contribution in [0.4, 0.5) is 0 Å². The Bertz CT molecular complexity index is 3020. The first kappa shape index (κ1) is 32.5. The molecule has 10 aromatic rings. The minimum atomic E-state index is -0.501. The molecule has 2 nitrogen and oxygen atoms in total. The van der Waals surface area contributed by atoms with Gasteiger partial charge in [0, 0.05) is 36.9 Å². The third kappa shape index (κ3) is 5.09. The number of fused-ring (bicyclic) bond motifs is 6. The average molecular weight is 731 g/mol. The largest absolute Gasteiger partial charge is 0.228 e. The first-order chi connectivity index (χ1) is 27.8. The minimum Gasteiger partial charge on any atom is -0.228 e. The highest BCUT2D eigenvalue weighted by Gasteiger charge is 2.46. The Kier molecular flexibility index (Phi) is 7.61. The van der Waals surface area contributed by atoms with Gasteiger partial charge in [-0.15, -0.1) is 11.3 Å². The standard InChI is InChI=1S/C53H34N2S/c1-4-15-35(16-5-1)36-27-29-37(30-28-36)48-34-49(55-52(54-48)45-24-14-23-44-43-22-11-13-26-50(43)56-51(44)45)38-31-32-42-41-21-10-12-25-46(41)53(47(42)33-38,39-17-6-2-7-18-39)40-19-8-3-9-20-40/h1-34H. The summed E-state index contributed by atoms with van der Waals surface area (Å²) < 4.78 is 2.46. The quantitative estimate of drug-likeness (QED) is 0.170. The molecule has 0 spiro atoms. The zero-order valence-corrected chi connectivity index (χ0v) is 31.2. The molecule has 0 atom stereocenters. The van der Waals surface area contributed by atoms with Crippen molar-refractivity contribution in [2.24, 2.45) is 0 Å². The third-order valence-corrected chi connectivity index (χ3v) is 12.6. The van der Waals surface area contributed by atoms with Crippen molar-refractivity contribution < 1.29 is 0 Å². The van der Waals surface area contributed by atoms with E-state index < -0.39 is 5.41 Å². The summed E-state index contributed by atoms with van der Waals surface area (Å²) in [7, 11) is 0. The first-order valence-electron chi connectivity index (χ1n) is 19.1. The van der Waals surface area contributed by atoms with Gasteiger partial charge >= 0.3 is 0 Å². The maximum Gasteiger partial charge on any atom is 0.161 e. The van der Waals surface area contributed by atoms with Gasteiger partial charge in [0.1, 0.15) is 0 Å². The Morgan fingerprint density at radius 1 is 0.357 bits per heavy atom. The van der Waals surface area contributed by atoms with Crippen LogP contribution in [0.2, 0.25) is 0 Å². The Balaban J connectivity index is 1.15. The number of nitrogens with zero attached hydrogens (tertiary/aromatic N) is 2. The molecule has 0 saturated carbocycles. The van der Waals surface area contributed by atoms with Gasteiger partial charge in [-0.1, -0.05) is 182 Å². The van der Waals surface area contributed by atoms with Crippen LogP contribution in [0.1, 0.15) is 22.3 Å². The van der Waals surface area contributed by atoms with E-state index in [1.165, 1.54) is 64.7 Å². The summed E-state index contributed by atoms with van der Waals surface area (Å²) in [4.78, 5) is 10.8. The normalized spacial score (nSPS) is 12.8. The third-order valence-electron chi connectivity index (χ3n) is 11.4. The Morgan fingerprint density at radius 2 is 0.893 bits per heavy atom. The van der Waals surface area contributed by atoms with Gasteiger partial charge in [-0.25, -0.2) is 9.97 Å². The smallest absolute Gasteiger partial charge is 0.161 e. The molecule has 56 heavy (non-hydrogen) atoms. The van der Waals surface area contributed by atoms with E-state index in [0.29, 0.717) is 0 Å². The molecule has 11 rings (SSSR count). The summed E-state index contributed by atoms with van der Waals surface area (Å²) in [5.74, 6) is 0.725. The fraction of sp³-hybridized carbons (Fsp3) is 0.0189. The van der Waals surface area contributed by atoms with Crippen molar-refractivity contribution in [1.29, 1.82) is 0 Å². The lowest BCUT2D eigenvalue weighted by molar-refractivity contribution is 0.768. The number of aromatic nitrogens is 2. The fourth-order valence-electron chi connectivity index (χ4n) is 8.85. The van der Waals surface area contributed by atoms with Gasteiger partial charge in [0.15, 0.2) is 5.82 Å².